The van der Waals surface area contributed by atoms with Crippen LogP contribution in [0.2, 0.25) is 0 Å². The van der Waals surface area contributed by atoms with E-state index in [2.05, 4.69) is 5.10 Å². The molecule has 0 saturated carbocycles. The zero-order valence-electron chi connectivity index (χ0n) is 21.1. The molecule has 34 heavy (non-hydrogen) atoms. The van der Waals surface area contributed by atoms with Crippen molar-refractivity contribution >= 4 is 31.3 Å². The number of aromatic nitrogens is 2. The Balaban J connectivity index is 2.83. The summed E-state index contributed by atoms with van der Waals surface area (Å²) in [6.45, 7) is 12.7. The summed E-state index contributed by atoms with van der Waals surface area (Å²) < 4.78 is 56.3. The third-order valence-corrected chi connectivity index (χ3v) is 8.04. The summed E-state index contributed by atoms with van der Waals surface area (Å²) in [5.74, 6) is -0.836. The standard InChI is InChI=1S/C24H34N2O6S2/c1-9-11-14-26-24(32-34(30,31)10-2)22(18(7)25-26)23(27)19-12-13-20(33(8,28)29)21(17(19)6)16(5)15(3)4/h12-13H,9-11,14H2,1-8H3. The molecule has 0 saturated heterocycles. The van der Waals surface area contributed by atoms with Gasteiger partial charge in [0.25, 0.3) is 0 Å². The van der Waals surface area contributed by atoms with Crippen LogP contribution in [-0.4, -0.2) is 44.4 Å². The zero-order valence-corrected chi connectivity index (χ0v) is 22.8. The van der Waals surface area contributed by atoms with Gasteiger partial charge in [0, 0.05) is 18.4 Å². The number of carbonyl (C=O) groups excluding carboxylic acids is 1. The minimum absolute atomic E-state index is 0.0594. The summed E-state index contributed by atoms with van der Waals surface area (Å²) in [5, 5.41) is 4.39. The van der Waals surface area contributed by atoms with Crippen molar-refractivity contribution in [2.24, 2.45) is 0 Å². The fourth-order valence-corrected chi connectivity index (χ4v) is 5.16. The smallest absolute Gasteiger partial charge is 0.310 e. The molecule has 1 aromatic carbocycles. The van der Waals surface area contributed by atoms with Gasteiger partial charge in [-0.2, -0.15) is 13.5 Å². The van der Waals surface area contributed by atoms with E-state index in [1.807, 2.05) is 27.7 Å². The third-order valence-electron chi connectivity index (χ3n) is 5.79. The molecule has 0 radical (unpaired) electrons. The van der Waals surface area contributed by atoms with Gasteiger partial charge in [0.2, 0.25) is 11.7 Å². The van der Waals surface area contributed by atoms with E-state index in [0.717, 1.165) is 30.2 Å². The van der Waals surface area contributed by atoms with Crippen LogP contribution in [0.3, 0.4) is 0 Å². The fourth-order valence-electron chi connectivity index (χ4n) is 3.64. The number of aryl methyl sites for hydroxylation is 2. The number of rotatable bonds is 10. The van der Waals surface area contributed by atoms with Crippen LogP contribution in [-0.2, 0) is 26.5 Å². The van der Waals surface area contributed by atoms with E-state index in [0.29, 0.717) is 23.4 Å². The maximum atomic E-state index is 13.8. The van der Waals surface area contributed by atoms with Crippen molar-refractivity contribution in [2.75, 3.05) is 12.0 Å². The van der Waals surface area contributed by atoms with Crippen LogP contribution >= 0.6 is 0 Å². The van der Waals surface area contributed by atoms with Crippen molar-refractivity contribution in [1.82, 2.24) is 9.78 Å². The normalized spacial score (nSPS) is 12.0. The first-order chi connectivity index (χ1) is 15.7. The molecule has 0 aliphatic carbocycles. The minimum Gasteiger partial charge on any atom is -0.361 e. The minimum atomic E-state index is -3.91. The highest BCUT2D eigenvalue weighted by Crippen LogP contribution is 2.34. The van der Waals surface area contributed by atoms with Gasteiger partial charge >= 0.3 is 10.1 Å². The number of ketones is 1. The molecule has 0 amide bonds. The van der Waals surface area contributed by atoms with E-state index in [1.54, 1.807) is 13.8 Å². The van der Waals surface area contributed by atoms with Crippen molar-refractivity contribution in [2.45, 2.75) is 72.7 Å². The van der Waals surface area contributed by atoms with E-state index in [1.165, 1.54) is 23.7 Å². The van der Waals surface area contributed by atoms with Crippen molar-refractivity contribution in [3.8, 4) is 5.88 Å². The van der Waals surface area contributed by atoms with Crippen molar-refractivity contribution in [3.05, 3.63) is 45.7 Å². The number of nitrogens with zero attached hydrogens (tertiary/aromatic N) is 2. The molecule has 0 aliphatic heterocycles. The summed E-state index contributed by atoms with van der Waals surface area (Å²) in [6, 6.07) is 2.90. The molecule has 10 heteroatoms. The second-order valence-electron chi connectivity index (χ2n) is 8.61. The summed E-state index contributed by atoms with van der Waals surface area (Å²) in [4.78, 5) is 13.9. The summed E-state index contributed by atoms with van der Waals surface area (Å²) in [6.07, 6.45) is 2.71. The zero-order chi connectivity index (χ0) is 26.0. The van der Waals surface area contributed by atoms with Gasteiger partial charge in [-0.25, -0.2) is 13.1 Å². The van der Waals surface area contributed by atoms with Crippen LogP contribution < -0.4 is 4.18 Å². The van der Waals surface area contributed by atoms with Crippen LogP contribution in [0.1, 0.15) is 80.2 Å². The number of carbonyl (C=O) groups is 1. The Hall–Kier alpha value is -2.46. The Morgan fingerprint density at radius 2 is 1.65 bits per heavy atom. The fraction of sp³-hybridized carbons (Fsp3) is 0.500. The van der Waals surface area contributed by atoms with Gasteiger partial charge in [-0.3, -0.25) is 4.79 Å². The van der Waals surface area contributed by atoms with E-state index in [9.17, 15) is 21.6 Å². The Morgan fingerprint density at radius 3 is 2.15 bits per heavy atom. The van der Waals surface area contributed by atoms with E-state index in [4.69, 9.17) is 4.18 Å². The molecule has 0 fully saturated rings. The van der Waals surface area contributed by atoms with E-state index < -0.39 is 25.7 Å². The lowest BCUT2D eigenvalue weighted by Gasteiger charge is -2.17. The lowest BCUT2D eigenvalue weighted by atomic mass is 9.91. The number of allylic oxidation sites excluding steroid dienone is 2. The highest BCUT2D eigenvalue weighted by atomic mass is 32.2. The second kappa shape index (κ2) is 10.4. The van der Waals surface area contributed by atoms with Gasteiger partial charge in [0.1, 0.15) is 5.56 Å². The monoisotopic (exact) mass is 510 g/mol. The summed E-state index contributed by atoms with van der Waals surface area (Å²) >= 11 is 0. The molecule has 8 nitrogen and oxygen atoms in total. The maximum Gasteiger partial charge on any atom is 0.310 e. The SMILES string of the molecule is CCCCn1nc(C)c(C(=O)c2ccc(S(C)(=O)=O)c(C(C)=C(C)C)c2C)c1OS(=O)(=O)CC. The van der Waals surface area contributed by atoms with Gasteiger partial charge in [0.15, 0.2) is 9.84 Å². The van der Waals surface area contributed by atoms with Gasteiger partial charge in [-0.1, -0.05) is 18.9 Å². The molecule has 0 aliphatic rings. The van der Waals surface area contributed by atoms with Crippen LogP contribution in [0.15, 0.2) is 22.6 Å². The molecule has 1 aromatic heterocycles. The Morgan fingerprint density at radius 1 is 1.03 bits per heavy atom. The summed E-state index contributed by atoms with van der Waals surface area (Å²) in [5.41, 5.74) is 3.32. The molecule has 0 N–H and O–H groups in total. The quantitative estimate of drug-likeness (QED) is 0.342. The summed E-state index contributed by atoms with van der Waals surface area (Å²) in [7, 11) is -7.47. The second-order valence-corrected chi connectivity index (χ2v) is 12.5. The molecule has 0 bridgehead atoms. The molecular formula is C24H34N2O6S2. The average molecular weight is 511 g/mol. The Kier molecular flexibility index (Phi) is 8.53. The molecular weight excluding hydrogens is 476 g/mol. The van der Waals surface area contributed by atoms with Crippen molar-refractivity contribution in [1.29, 1.82) is 0 Å². The van der Waals surface area contributed by atoms with E-state index in [-0.39, 0.29) is 27.7 Å². The van der Waals surface area contributed by atoms with E-state index >= 15 is 0 Å². The molecule has 2 aromatic rings. The van der Waals surface area contributed by atoms with Crippen LogP contribution in [0.5, 0.6) is 5.88 Å². The lowest BCUT2D eigenvalue weighted by Crippen LogP contribution is -2.17. The molecule has 0 spiro atoms. The number of hydrogen-bond donors (Lipinski definition) is 0. The number of benzene rings is 1. The van der Waals surface area contributed by atoms with Crippen LogP contribution in [0, 0.1) is 13.8 Å². The number of hydrogen-bond acceptors (Lipinski definition) is 7. The van der Waals surface area contributed by atoms with Gasteiger partial charge in [-0.05, 0) is 76.8 Å². The molecule has 0 atom stereocenters. The molecule has 188 valence electrons. The van der Waals surface area contributed by atoms with Crippen molar-refractivity contribution < 1.29 is 25.8 Å². The first kappa shape index (κ1) is 27.8. The first-order valence-corrected chi connectivity index (χ1v) is 14.6. The van der Waals surface area contributed by atoms with Crippen LogP contribution in [0.25, 0.3) is 5.57 Å². The average Bonchev–Trinajstić information content (AvgIpc) is 3.04. The van der Waals surface area contributed by atoms with Gasteiger partial charge in [0.05, 0.1) is 16.3 Å². The number of unbranched alkanes of at least 4 members (excludes halogenated alkanes) is 1. The Bertz CT molecular complexity index is 1350. The topological polar surface area (TPSA) is 112 Å². The molecule has 1 heterocycles. The molecule has 2 rings (SSSR count). The first-order valence-electron chi connectivity index (χ1n) is 11.2. The maximum absolute atomic E-state index is 13.8. The predicted molar refractivity (Wildman–Crippen MR) is 134 cm³/mol. The van der Waals surface area contributed by atoms with Gasteiger partial charge < -0.3 is 4.18 Å². The van der Waals surface area contributed by atoms with Crippen molar-refractivity contribution in [3.63, 3.8) is 0 Å². The lowest BCUT2D eigenvalue weighted by molar-refractivity contribution is 0.103. The highest BCUT2D eigenvalue weighted by molar-refractivity contribution is 7.90. The van der Waals surface area contributed by atoms with Crippen LogP contribution in [0.4, 0.5) is 0 Å². The largest absolute Gasteiger partial charge is 0.361 e. The highest BCUT2D eigenvalue weighted by Gasteiger charge is 2.30. The molecule has 0 unspecified atom stereocenters. The van der Waals surface area contributed by atoms with Gasteiger partial charge in [-0.15, -0.1) is 0 Å². The number of sulfone groups is 1. The third kappa shape index (κ3) is 5.78. The predicted octanol–water partition coefficient (Wildman–Crippen LogP) is 4.48. The Labute approximate surface area is 203 Å².